The zero-order valence-corrected chi connectivity index (χ0v) is 12.3. The van der Waals surface area contributed by atoms with Crippen molar-refractivity contribution in [2.75, 3.05) is 13.2 Å². The normalized spacial score (nSPS) is 16.7. The molecule has 0 saturated heterocycles. The first-order valence-corrected chi connectivity index (χ1v) is 7.40. The van der Waals surface area contributed by atoms with Crippen molar-refractivity contribution in [3.05, 3.63) is 29.6 Å². The van der Waals surface area contributed by atoms with Crippen molar-refractivity contribution in [1.29, 1.82) is 0 Å². The van der Waals surface area contributed by atoms with Gasteiger partial charge in [0.25, 0.3) is 5.91 Å². The van der Waals surface area contributed by atoms with Crippen molar-refractivity contribution in [3.63, 3.8) is 0 Å². The number of benzene rings is 1. The van der Waals surface area contributed by atoms with Crippen LogP contribution >= 0.6 is 0 Å². The van der Waals surface area contributed by atoms with Gasteiger partial charge in [-0.15, -0.1) is 0 Å². The topological polar surface area (TPSA) is 58.6 Å². The summed E-state index contributed by atoms with van der Waals surface area (Å²) in [5.74, 6) is -0.491. The van der Waals surface area contributed by atoms with E-state index in [4.69, 9.17) is 4.74 Å². The van der Waals surface area contributed by atoms with Crippen LogP contribution < -0.4 is 10.1 Å². The molecule has 1 aliphatic carbocycles. The highest BCUT2D eigenvalue weighted by atomic mass is 19.1. The molecule has 5 heteroatoms. The van der Waals surface area contributed by atoms with Gasteiger partial charge in [0.1, 0.15) is 0 Å². The third-order valence-electron chi connectivity index (χ3n) is 3.90. The molecule has 1 unspecified atom stereocenters. The maximum Gasteiger partial charge on any atom is 0.258 e. The Bertz CT molecular complexity index is 486. The highest BCUT2D eigenvalue weighted by Gasteiger charge is 2.23. The molecule has 4 nitrogen and oxygen atoms in total. The molecule has 0 aromatic heterocycles. The Morgan fingerprint density at radius 1 is 1.48 bits per heavy atom. The largest absolute Gasteiger partial charge is 0.481 e. The van der Waals surface area contributed by atoms with Crippen molar-refractivity contribution in [1.82, 2.24) is 5.32 Å². The summed E-state index contributed by atoms with van der Waals surface area (Å²) in [4.78, 5) is 11.7. The van der Waals surface area contributed by atoms with Gasteiger partial charge < -0.3 is 15.2 Å². The van der Waals surface area contributed by atoms with Crippen molar-refractivity contribution >= 4 is 5.91 Å². The number of amides is 1. The summed E-state index contributed by atoms with van der Waals surface area (Å²) in [6, 6.07) is 4.50. The molecule has 2 rings (SSSR count). The van der Waals surface area contributed by atoms with Gasteiger partial charge in [0, 0.05) is 6.54 Å². The van der Waals surface area contributed by atoms with Crippen molar-refractivity contribution in [3.8, 4) is 5.75 Å². The quantitative estimate of drug-likeness (QED) is 0.845. The molecular weight excluding hydrogens is 273 g/mol. The zero-order chi connectivity index (χ0) is 15.2. The number of nitrogens with one attached hydrogen (secondary N) is 1. The molecule has 21 heavy (non-hydrogen) atoms. The van der Waals surface area contributed by atoms with Crippen LogP contribution in [0.5, 0.6) is 5.75 Å². The van der Waals surface area contributed by atoms with Crippen LogP contribution in [0.3, 0.4) is 0 Å². The predicted octanol–water partition coefficient (Wildman–Crippen LogP) is 2.18. The van der Waals surface area contributed by atoms with E-state index in [0.29, 0.717) is 0 Å². The lowest BCUT2D eigenvalue weighted by molar-refractivity contribution is -0.123. The van der Waals surface area contributed by atoms with Crippen molar-refractivity contribution in [2.45, 2.75) is 38.7 Å². The second-order valence-electron chi connectivity index (χ2n) is 5.64. The third kappa shape index (κ3) is 4.70. The van der Waals surface area contributed by atoms with E-state index in [0.717, 1.165) is 31.2 Å². The number of aliphatic hydroxyl groups is 1. The highest BCUT2D eigenvalue weighted by molar-refractivity contribution is 5.77. The third-order valence-corrected chi connectivity index (χ3v) is 3.90. The fourth-order valence-electron chi connectivity index (χ4n) is 2.64. The van der Waals surface area contributed by atoms with E-state index >= 15 is 0 Å². The Morgan fingerprint density at radius 3 is 2.90 bits per heavy atom. The van der Waals surface area contributed by atoms with Gasteiger partial charge in [0.2, 0.25) is 0 Å². The minimum absolute atomic E-state index is 0.0708. The first-order chi connectivity index (χ1) is 10.1. The molecule has 116 valence electrons. The van der Waals surface area contributed by atoms with E-state index in [1.165, 1.54) is 6.07 Å². The molecule has 2 N–H and O–H groups in total. The minimum Gasteiger partial charge on any atom is -0.481 e. The van der Waals surface area contributed by atoms with Gasteiger partial charge in [-0.1, -0.05) is 18.9 Å². The molecule has 0 heterocycles. The number of aryl methyl sites for hydroxylation is 1. The maximum atomic E-state index is 13.4. The summed E-state index contributed by atoms with van der Waals surface area (Å²) in [5.41, 5.74) is 0.864. The molecule has 1 aliphatic rings. The highest BCUT2D eigenvalue weighted by Crippen LogP contribution is 2.27. The Kier molecular flexibility index (Phi) is 5.56. The number of aliphatic hydroxyl groups excluding tert-OH is 1. The average molecular weight is 295 g/mol. The number of carbonyl (C=O) groups excluding carboxylic acids is 1. The van der Waals surface area contributed by atoms with Gasteiger partial charge >= 0.3 is 0 Å². The Balaban J connectivity index is 1.73. The molecule has 1 amide bonds. The van der Waals surface area contributed by atoms with E-state index < -0.39 is 11.9 Å². The lowest BCUT2D eigenvalue weighted by atomic mass is 10.0. The van der Waals surface area contributed by atoms with Gasteiger partial charge in [-0.25, -0.2) is 4.39 Å². The summed E-state index contributed by atoms with van der Waals surface area (Å²) < 4.78 is 18.6. The number of hydrogen-bond acceptors (Lipinski definition) is 3. The molecule has 0 radical (unpaired) electrons. The second kappa shape index (κ2) is 7.41. The summed E-state index contributed by atoms with van der Waals surface area (Å²) in [5, 5.41) is 12.6. The molecule has 1 fully saturated rings. The van der Waals surface area contributed by atoms with Crippen LogP contribution in [0.25, 0.3) is 0 Å². The molecule has 1 aromatic carbocycles. The van der Waals surface area contributed by atoms with Gasteiger partial charge in [0.15, 0.2) is 18.2 Å². The first kappa shape index (κ1) is 15.8. The van der Waals surface area contributed by atoms with Gasteiger partial charge in [-0.05, 0) is 43.4 Å². The van der Waals surface area contributed by atoms with Gasteiger partial charge in [-0.3, -0.25) is 4.79 Å². The molecule has 1 aromatic rings. The molecule has 0 spiro atoms. The molecule has 1 saturated carbocycles. The zero-order valence-electron chi connectivity index (χ0n) is 12.3. The number of carbonyl (C=O) groups is 1. The molecule has 0 aliphatic heterocycles. The monoisotopic (exact) mass is 295 g/mol. The molecular formula is C16H22FNO3. The second-order valence-corrected chi connectivity index (χ2v) is 5.64. The van der Waals surface area contributed by atoms with Crippen LogP contribution in [0, 0.1) is 18.7 Å². The smallest absolute Gasteiger partial charge is 0.258 e. The van der Waals surface area contributed by atoms with E-state index in [1.807, 2.05) is 6.92 Å². The standard InChI is InChI=1S/C16H22FNO3/c1-11-6-7-13(17)15(8-11)21-10-16(20)18-9-14(19)12-4-2-3-5-12/h6-8,12,14,19H,2-5,9-10H2,1H3,(H,18,20). The van der Waals surface area contributed by atoms with Crippen LogP contribution in [0.15, 0.2) is 18.2 Å². The van der Waals surface area contributed by atoms with Crippen molar-refractivity contribution in [2.24, 2.45) is 5.92 Å². The Hall–Kier alpha value is -1.62. The van der Waals surface area contributed by atoms with Gasteiger partial charge in [-0.2, -0.15) is 0 Å². The van der Waals surface area contributed by atoms with Crippen molar-refractivity contribution < 1.29 is 19.0 Å². The number of rotatable bonds is 6. The Morgan fingerprint density at radius 2 is 2.19 bits per heavy atom. The SMILES string of the molecule is Cc1ccc(F)c(OCC(=O)NCC(O)C2CCCC2)c1. The summed E-state index contributed by atoms with van der Waals surface area (Å²) >= 11 is 0. The molecule has 1 atom stereocenters. The lowest BCUT2D eigenvalue weighted by Crippen LogP contribution is -2.38. The van der Waals surface area contributed by atoms with E-state index in [9.17, 15) is 14.3 Å². The van der Waals surface area contributed by atoms with E-state index in [1.54, 1.807) is 12.1 Å². The Labute approximate surface area is 124 Å². The minimum atomic E-state index is -0.507. The lowest BCUT2D eigenvalue weighted by Gasteiger charge is -2.18. The summed E-state index contributed by atoms with van der Waals surface area (Å²) in [6.45, 7) is 1.80. The van der Waals surface area contributed by atoms with Crippen LogP contribution in [-0.2, 0) is 4.79 Å². The van der Waals surface area contributed by atoms with E-state index in [2.05, 4.69) is 5.32 Å². The summed E-state index contributed by atoms with van der Waals surface area (Å²) in [7, 11) is 0. The molecule has 0 bridgehead atoms. The predicted molar refractivity (Wildman–Crippen MR) is 77.6 cm³/mol. The first-order valence-electron chi connectivity index (χ1n) is 7.40. The van der Waals surface area contributed by atoms with Crippen LogP contribution in [-0.4, -0.2) is 30.3 Å². The number of ether oxygens (including phenoxy) is 1. The van der Waals surface area contributed by atoms with E-state index in [-0.39, 0.29) is 30.7 Å². The van der Waals surface area contributed by atoms with Crippen LogP contribution in [0.1, 0.15) is 31.2 Å². The number of hydrogen-bond donors (Lipinski definition) is 2. The van der Waals surface area contributed by atoms with Crippen LogP contribution in [0.4, 0.5) is 4.39 Å². The van der Waals surface area contributed by atoms with Gasteiger partial charge in [0.05, 0.1) is 6.10 Å². The summed E-state index contributed by atoms with van der Waals surface area (Å²) in [6.07, 6.45) is 3.81. The maximum absolute atomic E-state index is 13.4. The fourth-order valence-corrected chi connectivity index (χ4v) is 2.64. The average Bonchev–Trinajstić information content (AvgIpc) is 3.00. The fraction of sp³-hybridized carbons (Fsp3) is 0.562. The van der Waals surface area contributed by atoms with Crippen LogP contribution in [0.2, 0.25) is 0 Å². The number of halogens is 1.